The lowest BCUT2D eigenvalue weighted by atomic mass is 10.1. The molecule has 0 bridgehead atoms. The number of benzene rings is 1. The van der Waals surface area contributed by atoms with Crippen LogP contribution in [0.3, 0.4) is 0 Å². The second-order valence-corrected chi connectivity index (χ2v) is 4.58. The molecule has 1 aromatic heterocycles. The lowest BCUT2D eigenvalue weighted by molar-refractivity contribution is 1.32. The van der Waals surface area contributed by atoms with Gasteiger partial charge in [-0.1, -0.05) is 35.1 Å². The van der Waals surface area contributed by atoms with Gasteiger partial charge in [0.05, 0.1) is 5.69 Å². The maximum Gasteiger partial charge on any atom is 0.305 e. The van der Waals surface area contributed by atoms with Crippen LogP contribution < -0.4 is 4.87 Å². The molecule has 0 fully saturated rings. The Kier molecular flexibility index (Phi) is 2.44. The third kappa shape index (κ3) is 1.74. The van der Waals surface area contributed by atoms with Gasteiger partial charge in [-0.2, -0.15) is 0 Å². The van der Waals surface area contributed by atoms with E-state index in [1.807, 2.05) is 31.2 Å². The van der Waals surface area contributed by atoms with Crippen LogP contribution in [-0.2, 0) is 0 Å². The van der Waals surface area contributed by atoms with Crippen LogP contribution in [0.15, 0.2) is 29.1 Å². The SMILES string of the molecule is Cc1sc(=O)[nH]c1-c1ccc(Cl)cc1. The highest BCUT2D eigenvalue weighted by Crippen LogP contribution is 2.23. The summed E-state index contributed by atoms with van der Waals surface area (Å²) < 4.78 is 0. The summed E-state index contributed by atoms with van der Waals surface area (Å²) in [5.74, 6) is 0. The molecule has 72 valence electrons. The Balaban J connectivity index is 2.54. The topological polar surface area (TPSA) is 32.9 Å². The molecule has 0 spiro atoms. The van der Waals surface area contributed by atoms with Gasteiger partial charge in [0, 0.05) is 9.90 Å². The molecule has 1 N–H and O–H groups in total. The van der Waals surface area contributed by atoms with Gasteiger partial charge in [0.2, 0.25) is 0 Å². The normalized spacial score (nSPS) is 10.4. The number of aromatic amines is 1. The Bertz CT molecular complexity index is 498. The number of nitrogens with one attached hydrogen (secondary N) is 1. The van der Waals surface area contributed by atoms with Gasteiger partial charge in [-0.3, -0.25) is 4.79 Å². The first-order chi connectivity index (χ1) is 6.66. The van der Waals surface area contributed by atoms with E-state index in [2.05, 4.69) is 4.98 Å². The first kappa shape index (κ1) is 9.49. The van der Waals surface area contributed by atoms with Crippen molar-refractivity contribution in [1.82, 2.24) is 4.98 Å². The number of aromatic nitrogens is 1. The van der Waals surface area contributed by atoms with Gasteiger partial charge in [-0.25, -0.2) is 0 Å². The van der Waals surface area contributed by atoms with Crippen molar-refractivity contribution >= 4 is 22.9 Å². The zero-order valence-corrected chi connectivity index (χ0v) is 9.08. The molecule has 0 aliphatic carbocycles. The van der Waals surface area contributed by atoms with Crippen LogP contribution in [0.25, 0.3) is 11.3 Å². The molecule has 1 heterocycles. The summed E-state index contributed by atoms with van der Waals surface area (Å²) in [4.78, 5) is 14.9. The van der Waals surface area contributed by atoms with E-state index in [1.54, 1.807) is 0 Å². The maximum absolute atomic E-state index is 11.1. The van der Waals surface area contributed by atoms with E-state index in [4.69, 9.17) is 11.6 Å². The fourth-order valence-corrected chi connectivity index (χ4v) is 2.13. The molecule has 0 unspecified atom stereocenters. The van der Waals surface area contributed by atoms with Gasteiger partial charge < -0.3 is 4.98 Å². The fraction of sp³-hybridized carbons (Fsp3) is 0.100. The summed E-state index contributed by atoms with van der Waals surface area (Å²) in [5, 5.41) is 0.698. The van der Waals surface area contributed by atoms with Crippen molar-refractivity contribution < 1.29 is 0 Å². The van der Waals surface area contributed by atoms with Crippen LogP contribution in [0.5, 0.6) is 0 Å². The van der Waals surface area contributed by atoms with Crippen molar-refractivity contribution in [2.45, 2.75) is 6.92 Å². The van der Waals surface area contributed by atoms with Gasteiger partial charge in [0.25, 0.3) is 0 Å². The average Bonchev–Trinajstić information content (AvgIpc) is 2.47. The van der Waals surface area contributed by atoms with Crippen LogP contribution in [0.4, 0.5) is 0 Å². The third-order valence-electron chi connectivity index (χ3n) is 1.96. The van der Waals surface area contributed by atoms with E-state index in [9.17, 15) is 4.79 Å². The lowest BCUT2D eigenvalue weighted by Crippen LogP contribution is -1.92. The monoisotopic (exact) mass is 225 g/mol. The number of hydrogen-bond donors (Lipinski definition) is 1. The minimum Gasteiger partial charge on any atom is -0.312 e. The number of hydrogen-bond acceptors (Lipinski definition) is 2. The molecule has 0 aliphatic heterocycles. The van der Waals surface area contributed by atoms with E-state index in [0.29, 0.717) is 5.02 Å². The zero-order valence-electron chi connectivity index (χ0n) is 7.50. The maximum atomic E-state index is 11.1. The van der Waals surface area contributed by atoms with E-state index in [0.717, 1.165) is 16.1 Å². The van der Waals surface area contributed by atoms with Crippen LogP contribution in [-0.4, -0.2) is 4.98 Å². The Morgan fingerprint density at radius 3 is 2.43 bits per heavy atom. The molecule has 1 aromatic carbocycles. The van der Waals surface area contributed by atoms with Gasteiger partial charge >= 0.3 is 4.87 Å². The third-order valence-corrected chi connectivity index (χ3v) is 3.01. The molecule has 2 nitrogen and oxygen atoms in total. The number of rotatable bonds is 1. The second-order valence-electron chi connectivity index (χ2n) is 2.95. The van der Waals surface area contributed by atoms with Crippen molar-refractivity contribution in [1.29, 1.82) is 0 Å². The molecular weight excluding hydrogens is 218 g/mol. The fourth-order valence-electron chi connectivity index (χ4n) is 1.30. The van der Waals surface area contributed by atoms with Crippen molar-refractivity contribution in [3.8, 4) is 11.3 Å². The van der Waals surface area contributed by atoms with E-state index < -0.39 is 0 Å². The molecule has 0 atom stereocenters. The smallest absolute Gasteiger partial charge is 0.305 e. The first-order valence-corrected chi connectivity index (χ1v) is 5.32. The summed E-state index contributed by atoms with van der Waals surface area (Å²) in [7, 11) is 0. The summed E-state index contributed by atoms with van der Waals surface area (Å²) >= 11 is 7.00. The van der Waals surface area contributed by atoms with Crippen LogP contribution in [0.2, 0.25) is 5.02 Å². The Hall–Kier alpha value is -1.06. The minimum atomic E-state index is -0.0209. The van der Waals surface area contributed by atoms with Crippen molar-refractivity contribution in [3.05, 3.63) is 43.8 Å². The van der Waals surface area contributed by atoms with Crippen LogP contribution in [0, 0.1) is 6.92 Å². The largest absolute Gasteiger partial charge is 0.312 e. The Labute approximate surface area is 90.2 Å². The summed E-state index contributed by atoms with van der Waals surface area (Å²) in [6, 6.07) is 7.42. The second kappa shape index (κ2) is 3.59. The van der Waals surface area contributed by atoms with Crippen molar-refractivity contribution in [2.24, 2.45) is 0 Å². The minimum absolute atomic E-state index is 0.0209. The molecule has 14 heavy (non-hydrogen) atoms. The Morgan fingerprint density at radius 1 is 1.29 bits per heavy atom. The van der Waals surface area contributed by atoms with E-state index in [1.165, 1.54) is 11.3 Å². The average molecular weight is 226 g/mol. The van der Waals surface area contributed by atoms with Gasteiger partial charge in [0.15, 0.2) is 0 Å². The van der Waals surface area contributed by atoms with Crippen LogP contribution >= 0.6 is 22.9 Å². The molecule has 0 amide bonds. The Morgan fingerprint density at radius 2 is 1.93 bits per heavy atom. The van der Waals surface area contributed by atoms with E-state index in [-0.39, 0.29) is 4.87 Å². The molecule has 2 rings (SSSR count). The number of halogens is 1. The lowest BCUT2D eigenvalue weighted by Gasteiger charge is -1.98. The van der Waals surface area contributed by atoms with Crippen LogP contribution in [0.1, 0.15) is 4.88 Å². The standard InChI is InChI=1S/C10H8ClNOS/c1-6-9(12-10(13)14-6)7-2-4-8(11)5-3-7/h2-5H,1H3,(H,12,13). The molecule has 0 saturated heterocycles. The number of aryl methyl sites for hydroxylation is 1. The predicted octanol–water partition coefficient (Wildman–Crippen LogP) is 3.07. The quantitative estimate of drug-likeness (QED) is 0.795. The number of H-pyrrole nitrogens is 1. The summed E-state index contributed by atoms with van der Waals surface area (Å²) in [5.41, 5.74) is 1.88. The predicted molar refractivity (Wildman–Crippen MR) is 60.1 cm³/mol. The molecule has 4 heteroatoms. The van der Waals surface area contributed by atoms with Gasteiger partial charge in [0.1, 0.15) is 0 Å². The van der Waals surface area contributed by atoms with Gasteiger partial charge in [-0.15, -0.1) is 0 Å². The highest BCUT2D eigenvalue weighted by Gasteiger charge is 2.05. The van der Waals surface area contributed by atoms with E-state index >= 15 is 0 Å². The van der Waals surface area contributed by atoms with Gasteiger partial charge in [-0.05, 0) is 24.6 Å². The molecule has 2 aromatic rings. The van der Waals surface area contributed by atoms with Crippen molar-refractivity contribution in [3.63, 3.8) is 0 Å². The first-order valence-electron chi connectivity index (χ1n) is 4.12. The highest BCUT2D eigenvalue weighted by atomic mass is 35.5. The zero-order chi connectivity index (χ0) is 10.1. The number of thiazole rings is 1. The summed E-state index contributed by atoms with van der Waals surface area (Å²) in [6.45, 7) is 1.92. The molecule has 0 aliphatic rings. The highest BCUT2D eigenvalue weighted by molar-refractivity contribution is 7.09. The van der Waals surface area contributed by atoms with Crippen molar-refractivity contribution in [2.75, 3.05) is 0 Å². The molecular formula is C10H8ClNOS. The molecule has 0 saturated carbocycles. The summed E-state index contributed by atoms with van der Waals surface area (Å²) in [6.07, 6.45) is 0. The molecule has 0 radical (unpaired) electrons.